The first kappa shape index (κ1) is 19.4. The minimum atomic E-state index is -3.39. The fourth-order valence-corrected chi connectivity index (χ4v) is 5.47. The van der Waals surface area contributed by atoms with Gasteiger partial charge in [0, 0.05) is 45.0 Å². The molecule has 0 N–H and O–H groups in total. The van der Waals surface area contributed by atoms with Crippen LogP contribution < -0.4 is 4.74 Å². The first-order valence-electron chi connectivity index (χ1n) is 9.38. The molecule has 9 heteroatoms. The number of likely N-dealkylation sites (tertiary alicyclic amines) is 1. The molecule has 3 heterocycles. The molecule has 1 aromatic carbocycles. The predicted octanol–water partition coefficient (Wildman–Crippen LogP) is 0.844. The third kappa shape index (κ3) is 4.07. The van der Waals surface area contributed by atoms with Gasteiger partial charge in [-0.05, 0) is 17.7 Å². The smallest absolute Gasteiger partial charge is 0.217 e. The lowest BCUT2D eigenvalue weighted by atomic mass is 10.1. The van der Waals surface area contributed by atoms with E-state index in [1.165, 1.54) is 0 Å². The van der Waals surface area contributed by atoms with Crippen LogP contribution in [0.1, 0.15) is 11.1 Å². The minimum absolute atomic E-state index is 0.0265. The van der Waals surface area contributed by atoms with E-state index in [0.717, 1.165) is 23.4 Å². The molecule has 2 aromatic rings. The molecule has 0 amide bonds. The Bertz CT molecular complexity index is 912. The van der Waals surface area contributed by atoms with Gasteiger partial charge in [0.25, 0.3) is 0 Å². The van der Waals surface area contributed by atoms with E-state index < -0.39 is 10.0 Å². The van der Waals surface area contributed by atoms with Gasteiger partial charge in [0.1, 0.15) is 5.75 Å². The molecule has 2 saturated heterocycles. The van der Waals surface area contributed by atoms with Crippen LogP contribution in [0, 0.1) is 0 Å². The van der Waals surface area contributed by atoms with E-state index in [4.69, 9.17) is 9.47 Å². The number of benzene rings is 1. The molecular formula is C19H26N4O4S. The fourth-order valence-electron chi connectivity index (χ4n) is 3.97. The van der Waals surface area contributed by atoms with Gasteiger partial charge in [-0.2, -0.15) is 9.40 Å². The molecule has 28 heavy (non-hydrogen) atoms. The number of aromatic nitrogens is 2. The molecule has 0 aliphatic carbocycles. The van der Waals surface area contributed by atoms with Crippen LogP contribution in [-0.4, -0.2) is 72.1 Å². The molecule has 0 radical (unpaired) electrons. The van der Waals surface area contributed by atoms with Crippen LogP contribution in [0.2, 0.25) is 0 Å². The lowest BCUT2D eigenvalue weighted by Crippen LogP contribution is -2.45. The van der Waals surface area contributed by atoms with Crippen molar-refractivity contribution >= 4 is 10.0 Å². The largest absolute Gasteiger partial charge is 0.497 e. The lowest BCUT2D eigenvalue weighted by Gasteiger charge is -2.28. The zero-order valence-corrected chi connectivity index (χ0v) is 17.0. The number of sulfonamides is 1. The first-order valence-corrected chi connectivity index (χ1v) is 11.0. The van der Waals surface area contributed by atoms with Gasteiger partial charge < -0.3 is 9.47 Å². The summed E-state index contributed by atoms with van der Waals surface area (Å²) < 4.78 is 40.4. The van der Waals surface area contributed by atoms with Gasteiger partial charge in [-0.1, -0.05) is 12.1 Å². The Morgan fingerprint density at radius 2 is 1.96 bits per heavy atom. The zero-order chi connectivity index (χ0) is 19.7. The molecule has 0 unspecified atom stereocenters. The number of hydrogen-bond acceptors (Lipinski definition) is 6. The Balaban J connectivity index is 1.53. The van der Waals surface area contributed by atoms with E-state index in [1.807, 2.05) is 43.7 Å². The number of ether oxygens (including phenoxy) is 2. The summed E-state index contributed by atoms with van der Waals surface area (Å²) in [6, 6.07) is 7.36. The Kier molecular flexibility index (Phi) is 5.42. The molecule has 2 fully saturated rings. The van der Waals surface area contributed by atoms with Crippen molar-refractivity contribution in [1.82, 2.24) is 19.0 Å². The summed E-state index contributed by atoms with van der Waals surface area (Å²) in [5.41, 5.74) is 2.05. The molecule has 1 aromatic heterocycles. The number of fused-ring (bicyclic) bond motifs is 1. The van der Waals surface area contributed by atoms with Crippen LogP contribution >= 0.6 is 0 Å². The lowest BCUT2D eigenvalue weighted by molar-refractivity contribution is 0.0458. The molecule has 2 aliphatic rings. The summed E-state index contributed by atoms with van der Waals surface area (Å²) in [7, 11) is 0.123. The number of methoxy groups -OCH3 is 1. The molecule has 8 nitrogen and oxygen atoms in total. The van der Waals surface area contributed by atoms with Gasteiger partial charge in [0.2, 0.25) is 10.0 Å². The number of rotatable bonds is 5. The Morgan fingerprint density at radius 3 is 2.64 bits per heavy atom. The van der Waals surface area contributed by atoms with Crippen molar-refractivity contribution < 1.29 is 17.9 Å². The SMILES string of the molecule is COc1ccc(CN2[C@@H]3CN(Cc4cnn(C)c4)C[C@@H]3OCCS2(=O)=O)cc1. The first-order chi connectivity index (χ1) is 13.4. The van der Waals surface area contributed by atoms with Crippen LogP contribution in [0.4, 0.5) is 0 Å². The van der Waals surface area contributed by atoms with Gasteiger partial charge in [0.15, 0.2) is 0 Å². The second kappa shape index (κ2) is 7.82. The molecule has 2 aliphatic heterocycles. The summed E-state index contributed by atoms with van der Waals surface area (Å²) in [5.74, 6) is 0.783. The van der Waals surface area contributed by atoms with Crippen molar-refractivity contribution in [2.24, 2.45) is 7.05 Å². The standard InChI is InChI=1S/C19H26N4O4S/c1-21-10-16(9-20-21)11-22-13-18-19(14-22)27-7-8-28(24,25)23(18)12-15-3-5-17(26-2)6-4-15/h3-6,9-10,18-19H,7-8,11-14H2,1-2H3/t18-,19+/m1/s1. The van der Waals surface area contributed by atoms with E-state index in [2.05, 4.69) is 10.00 Å². The Labute approximate surface area is 165 Å². The van der Waals surface area contributed by atoms with Crippen LogP contribution in [-0.2, 0) is 34.9 Å². The van der Waals surface area contributed by atoms with E-state index >= 15 is 0 Å². The van der Waals surface area contributed by atoms with Crippen molar-refractivity contribution in [2.45, 2.75) is 25.2 Å². The van der Waals surface area contributed by atoms with Crippen LogP contribution in [0.25, 0.3) is 0 Å². The molecule has 0 saturated carbocycles. The van der Waals surface area contributed by atoms with Crippen molar-refractivity contribution in [2.75, 3.05) is 32.6 Å². The van der Waals surface area contributed by atoms with Crippen molar-refractivity contribution in [3.05, 3.63) is 47.8 Å². The van der Waals surface area contributed by atoms with Gasteiger partial charge in [-0.3, -0.25) is 9.58 Å². The molecule has 4 rings (SSSR count). The highest BCUT2D eigenvalue weighted by atomic mass is 32.2. The third-order valence-electron chi connectivity index (χ3n) is 5.37. The quantitative estimate of drug-likeness (QED) is 0.733. The second-order valence-corrected chi connectivity index (χ2v) is 9.44. The Morgan fingerprint density at radius 1 is 1.18 bits per heavy atom. The number of aryl methyl sites for hydroxylation is 1. The summed E-state index contributed by atoms with van der Waals surface area (Å²) >= 11 is 0. The molecule has 152 valence electrons. The topological polar surface area (TPSA) is 76.9 Å². The van der Waals surface area contributed by atoms with Crippen molar-refractivity contribution in [1.29, 1.82) is 0 Å². The van der Waals surface area contributed by atoms with Gasteiger partial charge in [-0.25, -0.2) is 8.42 Å². The predicted molar refractivity (Wildman–Crippen MR) is 104 cm³/mol. The maximum Gasteiger partial charge on any atom is 0.217 e. The summed E-state index contributed by atoms with van der Waals surface area (Å²) in [6.45, 7) is 2.69. The van der Waals surface area contributed by atoms with Gasteiger partial charge >= 0.3 is 0 Å². The molecular weight excluding hydrogens is 380 g/mol. The van der Waals surface area contributed by atoms with Gasteiger partial charge in [0.05, 0.1) is 37.8 Å². The van der Waals surface area contributed by atoms with Crippen LogP contribution in [0.15, 0.2) is 36.7 Å². The highest BCUT2D eigenvalue weighted by molar-refractivity contribution is 7.89. The normalized spacial score (nSPS) is 25.4. The zero-order valence-electron chi connectivity index (χ0n) is 16.2. The van der Waals surface area contributed by atoms with E-state index in [9.17, 15) is 8.42 Å². The summed E-state index contributed by atoms with van der Waals surface area (Å²) in [6.07, 6.45) is 3.72. The average molecular weight is 407 g/mol. The van der Waals surface area contributed by atoms with Gasteiger partial charge in [-0.15, -0.1) is 0 Å². The van der Waals surface area contributed by atoms with Crippen LogP contribution in [0.3, 0.4) is 0 Å². The maximum atomic E-state index is 12.9. The van der Waals surface area contributed by atoms with E-state index in [0.29, 0.717) is 19.6 Å². The second-order valence-electron chi connectivity index (χ2n) is 7.40. The molecule has 0 spiro atoms. The van der Waals surface area contributed by atoms with E-state index in [1.54, 1.807) is 16.1 Å². The highest BCUT2D eigenvalue weighted by Gasteiger charge is 2.44. The number of hydrogen-bond donors (Lipinski definition) is 0. The Hall–Kier alpha value is -1.94. The summed E-state index contributed by atoms with van der Waals surface area (Å²) in [4.78, 5) is 2.24. The number of nitrogens with zero attached hydrogens (tertiary/aromatic N) is 4. The summed E-state index contributed by atoms with van der Waals surface area (Å²) in [5, 5.41) is 4.21. The monoisotopic (exact) mass is 406 g/mol. The third-order valence-corrected chi connectivity index (χ3v) is 7.17. The maximum absolute atomic E-state index is 12.9. The molecule has 2 atom stereocenters. The van der Waals surface area contributed by atoms with E-state index in [-0.39, 0.29) is 24.5 Å². The minimum Gasteiger partial charge on any atom is -0.497 e. The van der Waals surface area contributed by atoms with Crippen molar-refractivity contribution in [3.8, 4) is 5.75 Å². The highest BCUT2D eigenvalue weighted by Crippen LogP contribution is 2.28. The van der Waals surface area contributed by atoms with Crippen LogP contribution in [0.5, 0.6) is 5.75 Å². The molecule has 0 bridgehead atoms. The average Bonchev–Trinajstić information content (AvgIpc) is 3.23. The van der Waals surface area contributed by atoms with Crippen molar-refractivity contribution in [3.63, 3.8) is 0 Å². The fraction of sp³-hybridized carbons (Fsp3) is 0.526.